The molecule has 2 aromatic rings. The summed E-state index contributed by atoms with van der Waals surface area (Å²) in [5.74, 6) is -0.314. The molecular formula is C18H20FN3O3. The third-order valence-corrected chi connectivity index (χ3v) is 3.39. The average Bonchev–Trinajstić information content (AvgIpc) is 2.59. The van der Waals surface area contributed by atoms with Gasteiger partial charge in [-0.05, 0) is 24.3 Å². The number of hydrogen-bond acceptors (Lipinski definition) is 4. The second kappa shape index (κ2) is 8.68. The molecule has 0 aliphatic heterocycles. The standard InChI is InChI=1S/C18H20FN3O3/c1-12(23)22-14-7-8-17(25-2)16(9-14)20-11-18(24)21-10-13-5-3-4-6-15(13)19/h3-9,20H,10-11H2,1-2H3,(H,21,24)(H,22,23). The average molecular weight is 345 g/mol. The highest BCUT2D eigenvalue weighted by atomic mass is 19.1. The van der Waals surface area contributed by atoms with Crippen molar-refractivity contribution in [2.24, 2.45) is 0 Å². The maximum atomic E-state index is 13.5. The number of methoxy groups -OCH3 is 1. The summed E-state index contributed by atoms with van der Waals surface area (Å²) in [7, 11) is 1.51. The van der Waals surface area contributed by atoms with Crippen molar-refractivity contribution in [2.45, 2.75) is 13.5 Å². The van der Waals surface area contributed by atoms with Crippen molar-refractivity contribution in [1.29, 1.82) is 0 Å². The van der Waals surface area contributed by atoms with E-state index < -0.39 is 0 Å². The van der Waals surface area contributed by atoms with Crippen LogP contribution in [-0.4, -0.2) is 25.5 Å². The molecule has 0 heterocycles. The number of carbonyl (C=O) groups is 2. The number of benzene rings is 2. The van der Waals surface area contributed by atoms with Crippen LogP contribution >= 0.6 is 0 Å². The van der Waals surface area contributed by atoms with Crippen molar-refractivity contribution in [2.75, 3.05) is 24.3 Å². The molecule has 0 aliphatic carbocycles. The summed E-state index contributed by atoms with van der Waals surface area (Å²) in [4.78, 5) is 23.1. The molecule has 2 aromatic carbocycles. The van der Waals surface area contributed by atoms with Crippen LogP contribution in [0.15, 0.2) is 42.5 Å². The highest BCUT2D eigenvalue weighted by molar-refractivity contribution is 5.90. The fourth-order valence-electron chi connectivity index (χ4n) is 2.20. The number of carbonyl (C=O) groups excluding carboxylic acids is 2. The van der Waals surface area contributed by atoms with Crippen LogP contribution in [-0.2, 0) is 16.1 Å². The van der Waals surface area contributed by atoms with Crippen LogP contribution in [0.5, 0.6) is 5.75 Å². The zero-order valence-corrected chi connectivity index (χ0v) is 14.1. The lowest BCUT2D eigenvalue weighted by molar-refractivity contribution is -0.119. The highest BCUT2D eigenvalue weighted by Gasteiger charge is 2.08. The van der Waals surface area contributed by atoms with Gasteiger partial charge in [-0.3, -0.25) is 9.59 Å². The van der Waals surface area contributed by atoms with Crippen molar-refractivity contribution < 1.29 is 18.7 Å². The Morgan fingerprint density at radius 1 is 1.16 bits per heavy atom. The molecule has 0 saturated heterocycles. The summed E-state index contributed by atoms with van der Waals surface area (Å²) in [6.07, 6.45) is 0. The molecule has 132 valence electrons. The number of amides is 2. The SMILES string of the molecule is COc1ccc(NC(C)=O)cc1NCC(=O)NCc1ccccc1F. The molecule has 0 aromatic heterocycles. The van der Waals surface area contributed by atoms with E-state index in [1.54, 1.807) is 36.4 Å². The topological polar surface area (TPSA) is 79.5 Å². The highest BCUT2D eigenvalue weighted by Crippen LogP contribution is 2.27. The number of ether oxygens (including phenoxy) is 1. The van der Waals surface area contributed by atoms with Crippen LogP contribution < -0.4 is 20.7 Å². The van der Waals surface area contributed by atoms with Crippen molar-refractivity contribution in [3.63, 3.8) is 0 Å². The number of anilines is 2. The molecule has 0 bridgehead atoms. The number of hydrogen-bond donors (Lipinski definition) is 3. The van der Waals surface area contributed by atoms with Gasteiger partial charge < -0.3 is 20.7 Å². The summed E-state index contributed by atoms with van der Waals surface area (Å²) < 4.78 is 18.7. The lowest BCUT2D eigenvalue weighted by Crippen LogP contribution is -2.29. The lowest BCUT2D eigenvalue weighted by atomic mass is 10.2. The van der Waals surface area contributed by atoms with Gasteiger partial charge in [0.2, 0.25) is 11.8 Å². The van der Waals surface area contributed by atoms with E-state index in [-0.39, 0.29) is 30.7 Å². The van der Waals surface area contributed by atoms with E-state index >= 15 is 0 Å². The molecule has 6 nitrogen and oxygen atoms in total. The largest absolute Gasteiger partial charge is 0.495 e. The van der Waals surface area contributed by atoms with Crippen molar-refractivity contribution >= 4 is 23.2 Å². The van der Waals surface area contributed by atoms with E-state index in [1.807, 2.05) is 0 Å². The Balaban J connectivity index is 1.94. The second-order valence-corrected chi connectivity index (χ2v) is 5.32. The summed E-state index contributed by atoms with van der Waals surface area (Å²) in [5.41, 5.74) is 1.57. The van der Waals surface area contributed by atoms with Gasteiger partial charge in [-0.1, -0.05) is 18.2 Å². The van der Waals surface area contributed by atoms with Crippen molar-refractivity contribution in [3.05, 3.63) is 53.8 Å². The Morgan fingerprint density at radius 3 is 2.60 bits per heavy atom. The fraction of sp³-hybridized carbons (Fsp3) is 0.222. The van der Waals surface area contributed by atoms with E-state index in [9.17, 15) is 14.0 Å². The Morgan fingerprint density at radius 2 is 1.92 bits per heavy atom. The minimum atomic E-state index is -0.361. The summed E-state index contributed by atoms with van der Waals surface area (Å²) in [6, 6.07) is 11.3. The third-order valence-electron chi connectivity index (χ3n) is 3.39. The molecule has 2 amide bonds. The second-order valence-electron chi connectivity index (χ2n) is 5.32. The van der Waals surface area contributed by atoms with E-state index in [2.05, 4.69) is 16.0 Å². The smallest absolute Gasteiger partial charge is 0.239 e. The number of halogens is 1. The minimum Gasteiger partial charge on any atom is -0.495 e. The van der Waals surface area contributed by atoms with Crippen LogP contribution in [0.3, 0.4) is 0 Å². The van der Waals surface area contributed by atoms with Crippen LogP contribution in [0.1, 0.15) is 12.5 Å². The molecule has 0 radical (unpaired) electrons. The number of rotatable bonds is 7. The molecule has 3 N–H and O–H groups in total. The maximum Gasteiger partial charge on any atom is 0.239 e. The third kappa shape index (κ3) is 5.49. The normalized spacial score (nSPS) is 10.0. The molecule has 0 saturated carbocycles. The van der Waals surface area contributed by atoms with Crippen molar-refractivity contribution in [1.82, 2.24) is 5.32 Å². The molecule has 0 fully saturated rings. The van der Waals surface area contributed by atoms with Gasteiger partial charge in [0.1, 0.15) is 11.6 Å². The van der Waals surface area contributed by atoms with Gasteiger partial charge in [-0.15, -0.1) is 0 Å². The Kier molecular flexibility index (Phi) is 6.33. The van der Waals surface area contributed by atoms with Crippen LogP contribution in [0.2, 0.25) is 0 Å². The molecule has 0 aliphatic rings. The zero-order valence-electron chi connectivity index (χ0n) is 14.1. The van der Waals surface area contributed by atoms with Crippen LogP contribution in [0.25, 0.3) is 0 Å². The summed E-state index contributed by atoms with van der Waals surface area (Å²) in [6.45, 7) is 1.50. The monoisotopic (exact) mass is 345 g/mol. The van der Waals surface area contributed by atoms with Gasteiger partial charge in [0.15, 0.2) is 0 Å². The van der Waals surface area contributed by atoms with E-state index in [0.29, 0.717) is 22.7 Å². The first kappa shape index (κ1) is 18.3. The van der Waals surface area contributed by atoms with Gasteiger partial charge in [0.25, 0.3) is 0 Å². The van der Waals surface area contributed by atoms with E-state index in [1.165, 1.54) is 20.1 Å². The Bertz CT molecular complexity index is 765. The molecule has 0 atom stereocenters. The van der Waals surface area contributed by atoms with Gasteiger partial charge in [-0.25, -0.2) is 4.39 Å². The van der Waals surface area contributed by atoms with E-state index in [4.69, 9.17) is 4.74 Å². The van der Waals surface area contributed by atoms with Gasteiger partial charge in [0, 0.05) is 24.7 Å². The molecule has 2 rings (SSSR count). The minimum absolute atomic E-state index is 0.0195. The molecule has 0 unspecified atom stereocenters. The molecule has 25 heavy (non-hydrogen) atoms. The molecule has 0 spiro atoms. The summed E-state index contributed by atoms with van der Waals surface area (Å²) in [5, 5.41) is 8.25. The first-order chi connectivity index (χ1) is 12.0. The van der Waals surface area contributed by atoms with Gasteiger partial charge >= 0.3 is 0 Å². The Hall–Kier alpha value is -3.09. The van der Waals surface area contributed by atoms with Gasteiger partial charge in [-0.2, -0.15) is 0 Å². The van der Waals surface area contributed by atoms with Crippen LogP contribution in [0, 0.1) is 5.82 Å². The van der Waals surface area contributed by atoms with E-state index in [0.717, 1.165) is 0 Å². The number of nitrogens with one attached hydrogen (secondary N) is 3. The fourth-order valence-corrected chi connectivity index (χ4v) is 2.20. The lowest BCUT2D eigenvalue weighted by Gasteiger charge is -2.13. The molecule has 7 heteroatoms. The first-order valence-corrected chi connectivity index (χ1v) is 7.69. The summed E-state index contributed by atoms with van der Waals surface area (Å²) >= 11 is 0. The zero-order chi connectivity index (χ0) is 18.2. The quantitative estimate of drug-likeness (QED) is 0.720. The maximum absolute atomic E-state index is 13.5. The molecular weight excluding hydrogens is 325 g/mol. The first-order valence-electron chi connectivity index (χ1n) is 7.69. The predicted molar refractivity (Wildman–Crippen MR) is 94.0 cm³/mol. The van der Waals surface area contributed by atoms with Gasteiger partial charge in [0.05, 0.1) is 19.3 Å². The van der Waals surface area contributed by atoms with Crippen LogP contribution in [0.4, 0.5) is 15.8 Å². The predicted octanol–water partition coefficient (Wildman–Crippen LogP) is 2.52. The van der Waals surface area contributed by atoms with Crippen molar-refractivity contribution in [3.8, 4) is 5.75 Å². The Labute approximate surface area is 145 Å².